The quantitative estimate of drug-likeness (QED) is 0.869. The first-order valence-electron chi connectivity index (χ1n) is 6.41. The largest absolute Gasteiger partial charge is 0.464 e. The minimum Gasteiger partial charge on any atom is -0.464 e. The lowest BCUT2D eigenvalue weighted by Crippen LogP contribution is -2.17. The highest BCUT2D eigenvalue weighted by atomic mass is 16.5. The molecule has 1 aromatic heterocycles. The van der Waals surface area contributed by atoms with Crippen LogP contribution in [-0.4, -0.2) is 28.8 Å². The highest BCUT2D eigenvalue weighted by molar-refractivity contribution is 6.08. The fraction of sp³-hybridized carbons (Fsp3) is 0.200. The number of ether oxygens (including phenoxy) is 1. The number of benzene rings is 1. The second-order valence-corrected chi connectivity index (χ2v) is 4.57. The van der Waals surface area contributed by atoms with Gasteiger partial charge in [-0.25, -0.2) is 4.79 Å². The molecule has 0 radical (unpaired) electrons. The molecule has 0 aliphatic carbocycles. The van der Waals surface area contributed by atoms with Crippen molar-refractivity contribution in [3.8, 4) is 6.07 Å². The Labute approximate surface area is 127 Å². The van der Waals surface area contributed by atoms with E-state index < -0.39 is 11.9 Å². The summed E-state index contributed by atoms with van der Waals surface area (Å²) in [5.41, 5.74) is 1.64. The molecule has 1 heterocycles. The van der Waals surface area contributed by atoms with Crippen LogP contribution in [-0.2, 0) is 11.8 Å². The van der Waals surface area contributed by atoms with E-state index in [2.05, 4.69) is 10.4 Å². The highest BCUT2D eigenvalue weighted by Gasteiger charge is 2.22. The molecule has 7 nitrogen and oxygen atoms in total. The number of hydrogen-bond donors (Lipinski definition) is 1. The number of carbonyl (C=O) groups is 2. The Bertz CT molecular complexity index is 787. The van der Waals surface area contributed by atoms with Gasteiger partial charge in [0, 0.05) is 12.6 Å². The summed E-state index contributed by atoms with van der Waals surface area (Å²) >= 11 is 0. The van der Waals surface area contributed by atoms with Gasteiger partial charge in [0.2, 0.25) is 0 Å². The molecule has 0 unspecified atom stereocenters. The van der Waals surface area contributed by atoms with E-state index in [0.29, 0.717) is 22.5 Å². The number of aromatic nitrogens is 2. The standard InChI is InChI=1S/C15H14N4O3/c1-9-12(13(15(21)22-3)19(2)18-9)17-14(20)11-6-4-5-10(7-11)8-16/h4-7H,1-3H3,(H,17,20). The van der Waals surface area contributed by atoms with Crippen LogP contribution >= 0.6 is 0 Å². The Morgan fingerprint density at radius 3 is 2.77 bits per heavy atom. The molecule has 0 aliphatic heterocycles. The Balaban J connectivity index is 2.36. The average Bonchev–Trinajstić information content (AvgIpc) is 2.80. The summed E-state index contributed by atoms with van der Waals surface area (Å²) < 4.78 is 6.05. The first-order chi connectivity index (χ1) is 10.5. The Morgan fingerprint density at radius 1 is 1.41 bits per heavy atom. The number of methoxy groups -OCH3 is 1. The monoisotopic (exact) mass is 298 g/mol. The van der Waals surface area contributed by atoms with Gasteiger partial charge in [-0.15, -0.1) is 0 Å². The van der Waals surface area contributed by atoms with Crippen molar-refractivity contribution in [2.45, 2.75) is 6.92 Å². The molecule has 0 fully saturated rings. The zero-order chi connectivity index (χ0) is 16.3. The van der Waals surface area contributed by atoms with E-state index in [-0.39, 0.29) is 5.69 Å². The minimum absolute atomic E-state index is 0.157. The van der Waals surface area contributed by atoms with Gasteiger partial charge in [-0.1, -0.05) is 6.07 Å². The third kappa shape index (κ3) is 2.81. The summed E-state index contributed by atoms with van der Waals surface area (Å²) in [5.74, 6) is -1.03. The van der Waals surface area contributed by atoms with Gasteiger partial charge in [-0.2, -0.15) is 10.4 Å². The maximum Gasteiger partial charge on any atom is 0.358 e. The van der Waals surface area contributed by atoms with E-state index in [1.165, 1.54) is 17.9 Å². The Morgan fingerprint density at radius 2 is 2.14 bits per heavy atom. The van der Waals surface area contributed by atoms with Crippen molar-refractivity contribution in [3.05, 3.63) is 46.8 Å². The topological polar surface area (TPSA) is 97.0 Å². The number of nitrogens with zero attached hydrogens (tertiary/aromatic N) is 3. The smallest absolute Gasteiger partial charge is 0.358 e. The third-order valence-corrected chi connectivity index (χ3v) is 3.09. The number of esters is 1. The predicted octanol–water partition coefficient (Wildman–Crippen LogP) is 1.64. The van der Waals surface area contributed by atoms with Crippen molar-refractivity contribution in [3.63, 3.8) is 0 Å². The van der Waals surface area contributed by atoms with Crippen LogP contribution in [0.1, 0.15) is 32.1 Å². The first-order valence-corrected chi connectivity index (χ1v) is 6.41. The molecule has 112 valence electrons. The molecule has 2 aromatic rings. The molecule has 0 aliphatic rings. The van der Waals surface area contributed by atoms with Gasteiger partial charge in [0.05, 0.1) is 30.1 Å². The molecule has 22 heavy (non-hydrogen) atoms. The van der Waals surface area contributed by atoms with Gasteiger partial charge >= 0.3 is 5.97 Å². The number of aryl methyl sites for hydroxylation is 2. The maximum absolute atomic E-state index is 12.3. The lowest BCUT2D eigenvalue weighted by molar-refractivity contribution is 0.0589. The van der Waals surface area contributed by atoms with Crippen molar-refractivity contribution in [1.29, 1.82) is 5.26 Å². The summed E-state index contributed by atoms with van der Waals surface area (Å²) in [6.07, 6.45) is 0. The number of nitrogens with one attached hydrogen (secondary N) is 1. The number of anilines is 1. The third-order valence-electron chi connectivity index (χ3n) is 3.09. The summed E-state index contributed by atoms with van der Waals surface area (Å²) in [6.45, 7) is 1.67. The van der Waals surface area contributed by atoms with Gasteiger partial charge < -0.3 is 10.1 Å². The van der Waals surface area contributed by atoms with E-state index in [1.54, 1.807) is 32.2 Å². The van der Waals surface area contributed by atoms with Crippen LogP contribution in [0.2, 0.25) is 0 Å². The van der Waals surface area contributed by atoms with E-state index >= 15 is 0 Å². The van der Waals surface area contributed by atoms with Crippen LogP contribution in [0.25, 0.3) is 0 Å². The second-order valence-electron chi connectivity index (χ2n) is 4.57. The Kier molecular flexibility index (Phi) is 4.23. The van der Waals surface area contributed by atoms with Gasteiger partial charge in [-0.05, 0) is 25.1 Å². The zero-order valence-electron chi connectivity index (χ0n) is 12.4. The first kappa shape index (κ1) is 15.3. The lowest BCUT2D eigenvalue weighted by Gasteiger charge is -2.07. The van der Waals surface area contributed by atoms with E-state index in [1.807, 2.05) is 6.07 Å². The van der Waals surface area contributed by atoms with Crippen molar-refractivity contribution >= 4 is 17.6 Å². The van der Waals surface area contributed by atoms with Crippen molar-refractivity contribution < 1.29 is 14.3 Å². The van der Waals surface area contributed by atoms with Crippen LogP contribution in [0.3, 0.4) is 0 Å². The normalized spacial score (nSPS) is 9.91. The summed E-state index contributed by atoms with van der Waals surface area (Å²) in [7, 11) is 2.85. The molecule has 0 atom stereocenters. The second kappa shape index (κ2) is 6.10. The fourth-order valence-electron chi connectivity index (χ4n) is 2.05. The molecule has 1 amide bonds. The van der Waals surface area contributed by atoms with Gasteiger partial charge in [0.25, 0.3) is 5.91 Å². The highest BCUT2D eigenvalue weighted by Crippen LogP contribution is 2.21. The molecule has 2 rings (SSSR count). The predicted molar refractivity (Wildman–Crippen MR) is 78.4 cm³/mol. The molecule has 0 spiro atoms. The molecular weight excluding hydrogens is 284 g/mol. The molecule has 0 saturated carbocycles. The van der Waals surface area contributed by atoms with Crippen LogP contribution in [0.4, 0.5) is 5.69 Å². The average molecular weight is 298 g/mol. The SMILES string of the molecule is COC(=O)c1c(NC(=O)c2cccc(C#N)c2)c(C)nn1C. The summed E-state index contributed by atoms with van der Waals surface area (Å²) in [5, 5.41) is 15.6. The lowest BCUT2D eigenvalue weighted by atomic mass is 10.1. The molecule has 1 aromatic carbocycles. The zero-order valence-corrected chi connectivity index (χ0v) is 12.4. The molecular formula is C15H14N4O3. The number of nitriles is 1. The number of rotatable bonds is 3. The minimum atomic E-state index is -0.593. The number of hydrogen-bond acceptors (Lipinski definition) is 5. The van der Waals surface area contributed by atoms with Crippen LogP contribution < -0.4 is 5.32 Å². The van der Waals surface area contributed by atoms with E-state index in [9.17, 15) is 9.59 Å². The Hall–Kier alpha value is -3.14. The number of carbonyl (C=O) groups excluding carboxylic acids is 2. The van der Waals surface area contributed by atoms with Crippen LogP contribution in [0, 0.1) is 18.3 Å². The van der Waals surface area contributed by atoms with Crippen LogP contribution in [0.15, 0.2) is 24.3 Å². The van der Waals surface area contributed by atoms with Gasteiger partial charge in [-0.3, -0.25) is 9.48 Å². The van der Waals surface area contributed by atoms with E-state index in [4.69, 9.17) is 10.00 Å². The maximum atomic E-state index is 12.3. The molecule has 0 bridgehead atoms. The van der Waals surface area contributed by atoms with E-state index in [0.717, 1.165) is 0 Å². The fourth-order valence-corrected chi connectivity index (χ4v) is 2.05. The summed E-state index contributed by atoms with van der Waals surface area (Å²) in [4.78, 5) is 24.1. The molecule has 7 heteroatoms. The summed E-state index contributed by atoms with van der Waals surface area (Å²) in [6, 6.07) is 8.24. The van der Waals surface area contributed by atoms with Gasteiger partial charge in [0.1, 0.15) is 0 Å². The van der Waals surface area contributed by atoms with Gasteiger partial charge in [0.15, 0.2) is 5.69 Å². The van der Waals surface area contributed by atoms with Crippen molar-refractivity contribution in [1.82, 2.24) is 9.78 Å². The van der Waals surface area contributed by atoms with Crippen LogP contribution in [0.5, 0.6) is 0 Å². The molecule has 0 saturated heterocycles. The number of amides is 1. The van der Waals surface area contributed by atoms with Crippen molar-refractivity contribution in [2.75, 3.05) is 12.4 Å². The molecule has 1 N–H and O–H groups in total. The van der Waals surface area contributed by atoms with Crippen molar-refractivity contribution in [2.24, 2.45) is 7.05 Å².